The van der Waals surface area contributed by atoms with Gasteiger partial charge in [0.1, 0.15) is 4.91 Å². The highest BCUT2D eigenvalue weighted by Gasteiger charge is 2.23. The zero-order chi connectivity index (χ0) is 8.65. The molecular formula is C6H8ClNO2S. The summed E-state index contributed by atoms with van der Waals surface area (Å²) in [6, 6.07) is 0. The molecule has 0 amide bonds. The predicted molar refractivity (Wildman–Crippen MR) is 45.4 cm³/mol. The molecule has 0 saturated carbocycles. The van der Waals surface area contributed by atoms with Gasteiger partial charge in [-0.2, -0.15) is 0 Å². The Labute approximate surface area is 70.2 Å². The normalized spacial score (nSPS) is 19.0. The van der Waals surface area contributed by atoms with Crippen molar-refractivity contribution in [2.45, 2.75) is 13.8 Å². The van der Waals surface area contributed by atoms with Gasteiger partial charge in [-0.1, -0.05) is 0 Å². The molecular weight excluding hydrogens is 186 g/mol. The van der Waals surface area contributed by atoms with Crippen molar-refractivity contribution in [3.8, 4) is 0 Å². The lowest BCUT2D eigenvalue weighted by molar-refractivity contribution is 0.616. The van der Waals surface area contributed by atoms with Crippen LogP contribution < -0.4 is 0 Å². The van der Waals surface area contributed by atoms with Gasteiger partial charge in [-0.05, 0) is 19.4 Å². The third kappa shape index (κ3) is 1.62. The van der Waals surface area contributed by atoms with Gasteiger partial charge in [0, 0.05) is 10.7 Å². The van der Waals surface area contributed by atoms with Crippen molar-refractivity contribution in [2.24, 2.45) is 4.99 Å². The third-order valence-corrected chi connectivity index (χ3v) is 3.11. The van der Waals surface area contributed by atoms with Crippen molar-refractivity contribution < 1.29 is 8.42 Å². The fraction of sp³-hybridized carbons (Fsp3) is 0.500. The van der Waals surface area contributed by atoms with E-state index in [1.165, 1.54) is 0 Å². The van der Waals surface area contributed by atoms with E-state index in [0.29, 0.717) is 12.3 Å². The van der Waals surface area contributed by atoms with Crippen LogP contribution in [-0.2, 0) is 9.05 Å². The quantitative estimate of drug-likeness (QED) is 0.590. The van der Waals surface area contributed by atoms with E-state index in [1.807, 2.05) is 0 Å². The molecule has 0 N–H and O–H groups in total. The summed E-state index contributed by atoms with van der Waals surface area (Å²) in [5, 5.41) is 0. The summed E-state index contributed by atoms with van der Waals surface area (Å²) in [6.45, 7) is 3.81. The van der Waals surface area contributed by atoms with Crippen LogP contribution in [0.15, 0.2) is 15.5 Å². The topological polar surface area (TPSA) is 46.5 Å². The molecule has 0 aromatic carbocycles. The standard InChI is InChI=1S/C6H8ClNO2S/c1-4-3-8-5(2)6(4)11(7,9)10/h3H2,1-2H3. The SMILES string of the molecule is CC1=NCC(C)=C1S(=O)(=O)Cl. The number of nitrogens with zero attached hydrogens (tertiary/aromatic N) is 1. The molecule has 0 bridgehead atoms. The molecule has 0 saturated heterocycles. The molecule has 1 aliphatic heterocycles. The first-order valence-electron chi connectivity index (χ1n) is 3.09. The minimum Gasteiger partial charge on any atom is -0.284 e. The van der Waals surface area contributed by atoms with Crippen LogP contribution in [0.5, 0.6) is 0 Å². The third-order valence-electron chi connectivity index (χ3n) is 1.51. The molecule has 0 radical (unpaired) electrons. The summed E-state index contributed by atoms with van der Waals surface area (Å²) in [5.74, 6) is 0. The van der Waals surface area contributed by atoms with Crippen LogP contribution in [0.2, 0.25) is 0 Å². The molecule has 0 aliphatic carbocycles. The molecule has 11 heavy (non-hydrogen) atoms. The molecule has 1 heterocycles. The van der Waals surface area contributed by atoms with Crippen molar-refractivity contribution in [1.82, 2.24) is 0 Å². The maximum absolute atomic E-state index is 10.9. The Morgan fingerprint density at radius 3 is 2.18 bits per heavy atom. The zero-order valence-electron chi connectivity index (χ0n) is 6.26. The average Bonchev–Trinajstić information content (AvgIpc) is 2.08. The first-order valence-corrected chi connectivity index (χ1v) is 5.39. The summed E-state index contributed by atoms with van der Waals surface area (Å²) in [7, 11) is 1.58. The average molecular weight is 194 g/mol. The number of rotatable bonds is 1. The smallest absolute Gasteiger partial charge is 0.263 e. The van der Waals surface area contributed by atoms with Gasteiger partial charge in [0.15, 0.2) is 0 Å². The van der Waals surface area contributed by atoms with E-state index >= 15 is 0 Å². The lowest BCUT2D eigenvalue weighted by Crippen LogP contribution is -2.03. The Morgan fingerprint density at radius 1 is 1.45 bits per heavy atom. The molecule has 0 fully saturated rings. The second-order valence-corrected chi connectivity index (χ2v) is 4.95. The van der Waals surface area contributed by atoms with Crippen LogP contribution >= 0.6 is 10.7 Å². The van der Waals surface area contributed by atoms with Gasteiger partial charge in [0.05, 0.1) is 12.3 Å². The summed E-state index contributed by atoms with van der Waals surface area (Å²) < 4.78 is 21.8. The van der Waals surface area contributed by atoms with E-state index < -0.39 is 9.05 Å². The Bertz CT molecular complexity index is 340. The molecule has 3 nitrogen and oxygen atoms in total. The summed E-state index contributed by atoms with van der Waals surface area (Å²) in [6.07, 6.45) is 0. The Morgan fingerprint density at radius 2 is 2.00 bits per heavy atom. The van der Waals surface area contributed by atoms with E-state index in [0.717, 1.165) is 5.57 Å². The Balaban J connectivity index is 3.25. The molecule has 0 atom stereocenters. The maximum atomic E-state index is 10.9. The zero-order valence-corrected chi connectivity index (χ0v) is 7.83. The minimum atomic E-state index is -3.58. The lowest BCUT2D eigenvalue weighted by Gasteiger charge is -1.97. The second kappa shape index (κ2) is 2.60. The fourth-order valence-electron chi connectivity index (χ4n) is 1.07. The second-order valence-electron chi connectivity index (χ2n) is 2.45. The van der Waals surface area contributed by atoms with Crippen molar-refractivity contribution in [2.75, 3.05) is 6.54 Å². The summed E-state index contributed by atoms with van der Waals surface area (Å²) >= 11 is 0. The number of halogens is 1. The van der Waals surface area contributed by atoms with Crippen LogP contribution in [-0.4, -0.2) is 20.7 Å². The highest BCUT2D eigenvalue weighted by Crippen LogP contribution is 2.23. The summed E-state index contributed by atoms with van der Waals surface area (Å²) in [4.78, 5) is 4.14. The van der Waals surface area contributed by atoms with Crippen molar-refractivity contribution >= 4 is 25.4 Å². The van der Waals surface area contributed by atoms with Crippen molar-refractivity contribution in [3.63, 3.8) is 0 Å². The van der Waals surface area contributed by atoms with Crippen molar-refractivity contribution in [1.29, 1.82) is 0 Å². The van der Waals surface area contributed by atoms with Crippen LogP contribution in [0.3, 0.4) is 0 Å². The minimum absolute atomic E-state index is 0.194. The van der Waals surface area contributed by atoms with Gasteiger partial charge >= 0.3 is 0 Å². The molecule has 0 unspecified atom stereocenters. The number of allylic oxidation sites excluding steroid dienone is 1. The van der Waals surface area contributed by atoms with Gasteiger partial charge in [-0.25, -0.2) is 8.42 Å². The molecule has 5 heteroatoms. The van der Waals surface area contributed by atoms with Gasteiger partial charge in [0.25, 0.3) is 9.05 Å². The van der Waals surface area contributed by atoms with Crippen LogP contribution in [0, 0.1) is 0 Å². The largest absolute Gasteiger partial charge is 0.284 e. The van der Waals surface area contributed by atoms with E-state index in [-0.39, 0.29) is 4.91 Å². The predicted octanol–water partition coefficient (Wildman–Crippen LogP) is 1.30. The fourth-order valence-corrected chi connectivity index (χ4v) is 2.70. The number of aliphatic imine (C=N–C) groups is 1. The van der Waals surface area contributed by atoms with E-state index in [1.54, 1.807) is 13.8 Å². The van der Waals surface area contributed by atoms with Gasteiger partial charge < -0.3 is 0 Å². The van der Waals surface area contributed by atoms with Crippen molar-refractivity contribution in [3.05, 3.63) is 10.5 Å². The first kappa shape index (κ1) is 8.74. The van der Waals surface area contributed by atoms with E-state index in [4.69, 9.17) is 10.7 Å². The van der Waals surface area contributed by atoms with E-state index in [9.17, 15) is 8.42 Å². The van der Waals surface area contributed by atoms with Gasteiger partial charge in [-0.15, -0.1) is 0 Å². The summed E-state index contributed by atoms with van der Waals surface area (Å²) in [5.41, 5.74) is 1.23. The first-order chi connectivity index (χ1) is 4.93. The highest BCUT2D eigenvalue weighted by atomic mass is 35.7. The molecule has 62 valence electrons. The Kier molecular flexibility index (Phi) is 2.07. The van der Waals surface area contributed by atoms with Crippen LogP contribution in [0.1, 0.15) is 13.8 Å². The maximum Gasteiger partial charge on any atom is 0.263 e. The highest BCUT2D eigenvalue weighted by molar-refractivity contribution is 8.17. The monoisotopic (exact) mass is 193 g/mol. The molecule has 0 aromatic rings. The molecule has 1 rings (SSSR count). The molecule has 1 aliphatic rings. The van der Waals surface area contributed by atoms with Crippen LogP contribution in [0.25, 0.3) is 0 Å². The number of hydrogen-bond acceptors (Lipinski definition) is 3. The lowest BCUT2D eigenvalue weighted by atomic mass is 10.3. The molecule has 0 spiro atoms. The number of hydrogen-bond donors (Lipinski definition) is 0. The molecule has 0 aromatic heterocycles. The van der Waals surface area contributed by atoms with Crippen LogP contribution in [0.4, 0.5) is 0 Å². The van der Waals surface area contributed by atoms with E-state index in [2.05, 4.69) is 4.99 Å². The Hall–Kier alpha value is -0.350. The van der Waals surface area contributed by atoms with Gasteiger partial charge in [-0.3, -0.25) is 4.99 Å². The van der Waals surface area contributed by atoms with Gasteiger partial charge in [0.2, 0.25) is 0 Å².